The van der Waals surface area contributed by atoms with Crippen LogP contribution in [-0.4, -0.2) is 36.5 Å². The molecule has 1 saturated carbocycles. The lowest BCUT2D eigenvalue weighted by Crippen LogP contribution is -2.51. The zero-order valence-electron chi connectivity index (χ0n) is 11.2. The summed E-state index contributed by atoms with van der Waals surface area (Å²) in [6.45, 7) is 3.31. The summed E-state index contributed by atoms with van der Waals surface area (Å²) in [6, 6.07) is 0.570. The summed E-state index contributed by atoms with van der Waals surface area (Å²) in [5, 5.41) is 3.36. The van der Waals surface area contributed by atoms with Crippen molar-refractivity contribution in [1.82, 2.24) is 10.2 Å². The molecule has 0 aromatic carbocycles. The monoisotopic (exact) mass is 238 g/mol. The van der Waals surface area contributed by atoms with Crippen molar-refractivity contribution in [2.45, 2.75) is 64.0 Å². The van der Waals surface area contributed by atoms with E-state index in [2.05, 4.69) is 12.2 Å². The van der Waals surface area contributed by atoms with E-state index in [1.54, 1.807) is 0 Å². The molecule has 2 fully saturated rings. The van der Waals surface area contributed by atoms with Gasteiger partial charge in [0.05, 0.1) is 6.04 Å². The van der Waals surface area contributed by atoms with Crippen LogP contribution >= 0.6 is 0 Å². The lowest BCUT2D eigenvalue weighted by atomic mass is 9.86. The summed E-state index contributed by atoms with van der Waals surface area (Å²) >= 11 is 0. The molecular weight excluding hydrogens is 212 g/mol. The molecule has 0 aromatic heterocycles. The number of likely N-dealkylation sites (N-methyl/N-ethyl adjacent to an activating group) is 1. The number of carbonyl (C=O) groups excluding carboxylic acids is 1. The average molecular weight is 238 g/mol. The highest BCUT2D eigenvalue weighted by Crippen LogP contribution is 2.27. The highest BCUT2D eigenvalue weighted by Gasteiger charge is 2.30. The summed E-state index contributed by atoms with van der Waals surface area (Å²) in [5.74, 6) is 1.10. The van der Waals surface area contributed by atoms with Crippen LogP contribution in [0.3, 0.4) is 0 Å². The van der Waals surface area contributed by atoms with Crippen molar-refractivity contribution in [1.29, 1.82) is 0 Å². The standard InChI is InChI=1S/C14H26N2O/c1-11-6-5-7-12(10-11)16(2)14(17)13-8-3-4-9-15-13/h11-13,15H,3-10H2,1-2H3/t11?,12?,13-/m0/s1. The molecule has 0 bridgehead atoms. The zero-order valence-corrected chi connectivity index (χ0v) is 11.2. The first-order valence-electron chi connectivity index (χ1n) is 7.18. The highest BCUT2D eigenvalue weighted by atomic mass is 16.2. The number of hydrogen-bond acceptors (Lipinski definition) is 2. The Hall–Kier alpha value is -0.570. The van der Waals surface area contributed by atoms with Crippen molar-refractivity contribution in [3.8, 4) is 0 Å². The van der Waals surface area contributed by atoms with Gasteiger partial charge in [0.2, 0.25) is 5.91 Å². The van der Waals surface area contributed by atoms with E-state index in [-0.39, 0.29) is 6.04 Å². The largest absolute Gasteiger partial charge is 0.341 e. The number of carbonyl (C=O) groups is 1. The molecule has 3 atom stereocenters. The minimum absolute atomic E-state index is 0.0889. The first-order chi connectivity index (χ1) is 8.18. The Bertz CT molecular complexity index is 261. The van der Waals surface area contributed by atoms with E-state index < -0.39 is 0 Å². The average Bonchev–Trinajstić information content (AvgIpc) is 2.38. The molecule has 1 saturated heterocycles. The number of amides is 1. The number of nitrogens with zero attached hydrogens (tertiary/aromatic N) is 1. The molecule has 0 radical (unpaired) electrons. The summed E-state index contributed by atoms with van der Waals surface area (Å²) in [6.07, 6.45) is 8.42. The first-order valence-corrected chi connectivity index (χ1v) is 7.18. The normalized spacial score (nSPS) is 34.4. The van der Waals surface area contributed by atoms with Crippen molar-refractivity contribution < 1.29 is 4.79 Å². The van der Waals surface area contributed by atoms with E-state index in [4.69, 9.17) is 0 Å². The van der Waals surface area contributed by atoms with Crippen LogP contribution in [0.15, 0.2) is 0 Å². The lowest BCUT2D eigenvalue weighted by Gasteiger charge is -2.37. The Kier molecular flexibility index (Phi) is 4.43. The number of rotatable bonds is 2. The molecule has 1 aliphatic carbocycles. The van der Waals surface area contributed by atoms with Crippen LogP contribution < -0.4 is 5.32 Å². The quantitative estimate of drug-likeness (QED) is 0.799. The van der Waals surface area contributed by atoms with Gasteiger partial charge >= 0.3 is 0 Å². The predicted octanol–water partition coefficient (Wildman–Crippen LogP) is 2.17. The Morgan fingerprint density at radius 2 is 2.00 bits per heavy atom. The van der Waals surface area contributed by atoms with Gasteiger partial charge in [-0.05, 0) is 38.1 Å². The van der Waals surface area contributed by atoms with Gasteiger partial charge in [-0.3, -0.25) is 4.79 Å². The highest BCUT2D eigenvalue weighted by molar-refractivity contribution is 5.82. The van der Waals surface area contributed by atoms with Crippen molar-refractivity contribution in [2.75, 3.05) is 13.6 Å². The van der Waals surface area contributed by atoms with Gasteiger partial charge in [0.1, 0.15) is 0 Å². The lowest BCUT2D eigenvalue weighted by molar-refractivity contribution is -0.135. The molecule has 1 heterocycles. The van der Waals surface area contributed by atoms with Crippen LogP contribution in [0.25, 0.3) is 0 Å². The van der Waals surface area contributed by atoms with Gasteiger partial charge in [-0.25, -0.2) is 0 Å². The molecule has 0 spiro atoms. The van der Waals surface area contributed by atoms with Gasteiger partial charge in [0.15, 0.2) is 0 Å². The molecule has 2 rings (SSSR count). The molecule has 1 N–H and O–H groups in total. The third-order valence-corrected chi connectivity index (χ3v) is 4.41. The second kappa shape index (κ2) is 5.85. The molecule has 1 aliphatic heterocycles. The SMILES string of the molecule is CC1CCCC(N(C)C(=O)[C@@H]2CCCCN2)C1. The number of hydrogen-bond donors (Lipinski definition) is 1. The molecule has 3 nitrogen and oxygen atoms in total. The van der Waals surface area contributed by atoms with Crippen LogP contribution in [-0.2, 0) is 4.79 Å². The summed E-state index contributed by atoms with van der Waals surface area (Å²) in [7, 11) is 2.00. The van der Waals surface area contributed by atoms with E-state index >= 15 is 0 Å². The number of piperidine rings is 1. The van der Waals surface area contributed by atoms with Crippen LogP contribution in [0, 0.1) is 5.92 Å². The minimum atomic E-state index is 0.0889. The maximum absolute atomic E-state index is 12.4. The second-order valence-corrected chi connectivity index (χ2v) is 5.88. The number of nitrogens with one attached hydrogen (secondary N) is 1. The molecular formula is C14H26N2O. The molecule has 3 heteroatoms. The Balaban J connectivity index is 1.89. The van der Waals surface area contributed by atoms with Gasteiger partial charge in [-0.2, -0.15) is 0 Å². The fourth-order valence-electron chi connectivity index (χ4n) is 3.24. The van der Waals surface area contributed by atoms with Gasteiger partial charge < -0.3 is 10.2 Å². The maximum atomic E-state index is 12.4. The van der Waals surface area contributed by atoms with Gasteiger partial charge in [0.25, 0.3) is 0 Å². The molecule has 0 aromatic rings. The van der Waals surface area contributed by atoms with Crippen molar-refractivity contribution >= 4 is 5.91 Å². The van der Waals surface area contributed by atoms with Crippen molar-refractivity contribution in [3.05, 3.63) is 0 Å². The maximum Gasteiger partial charge on any atom is 0.239 e. The van der Waals surface area contributed by atoms with E-state index in [0.29, 0.717) is 11.9 Å². The zero-order chi connectivity index (χ0) is 12.3. The Morgan fingerprint density at radius 3 is 2.65 bits per heavy atom. The van der Waals surface area contributed by atoms with Gasteiger partial charge in [0, 0.05) is 13.1 Å². The third kappa shape index (κ3) is 3.21. The molecule has 98 valence electrons. The van der Waals surface area contributed by atoms with Crippen LogP contribution in [0.4, 0.5) is 0 Å². The van der Waals surface area contributed by atoms with E-state index in [1.165, 1.54) is 38.5 Å². The molecule has 1 amide bonds. The predicted molar refractivity (Wildman–Crippen MR) is 69.8 cm³/mol. The fraction of sp³-hybridized carbons (Fsp3) is 0.929. The van der Waals surface area contributed by atoms with Crippen LogP contribution in [0.1, 0.15) is 51.9 Å². The molecule has 17 heavy (non-hydrogen) atoms. The fourth-order valence-corrected chi connectivity index (χ4v) is 3.24. The molecule has 2 aliphatic rings. The minimum Gasteiger partial charge on any atom is -0.341 e. The van der Waals surface area contributed by atoms with Crippen LogP contribution in [0.5, 0.6) is 0 Å². The van der Waals surface area contributed by atoms with E-state index in [0.717, 1.165) is 18.9 Å². The van der Waals surface area contributed by atoms with Gasteiger partial charge in [-0.15, -0.1) is 0 Å². The summed E-state index contributed by atoms with van der Waals surface area (Å²) in [5.41, 5.74) is 0. The summed E-state index contributed by atoms with van der Waals surface area (Å²) < 4.78 is 0. The first kappa shape index (κ1) is 12.9. The molecule has 2 unspecified atom stereocenters. The van der Waals surface area contributed by atoms with E-state index in [9.17, 15) is 4.79 Å². The van der Waals surface area contributed by atoms with Gasteiger partial charge in [-0.1, -0.05) is 26.2 Å². The smallest absolute Gasteiger partial charge is 0.239 e. The van der Waals surface area contributed by atoms with Crippen molar-refractivity contribution in [2.24, 2.45) is 5.92 Å². The van der Waals surface area contributed by atoms with Crippen molar-refractivity contribution in [3.63, 3.8) is 0 Å². The topological polar surface area (TPSA) is 32.3 Å². The summed E-state index contributed by atoms with van der Waals surface area (Å²) in [4.78, 5) is 14.4. The van der Waals surface area contributed by atoms with Crippen LogP contribution in [0.2, 0.25) is 0 Å². The Labute approximate surface area is 105 Å². The third-order valence-electron chi connectivity index (χ3n) is 4.41. The Morgan fingerprint density at radius 1 is 1.18 bits per heavy atom. The van der Waals surface area contributed by atoms with E-state index in [1.807, 2.05) is 11.9 Å². The second-order valence-electron chi connectivity index (χ2n) is 5.88.